The van der Waals surface area contributed by atoms with Gasteiger partial charge in [0.15, 0.2) is 5.78 Å². The molecule has 1 aromatic heterocycles. The van der Waals surface area contributed by atoms with Crippen LogP contribution >= 0.6 is 0 Å². The molecule has 0 unspecified atom stereocenters. The van der Waals surface area contributed by atoms with Crippen LogP contribution in [-0.4, -0.2) is 22.9 Å². The molecule has 0 aliphatic rings. The van der Waals surface area contributed by atoms with Crippen LogP contribution in [0.3, 0.4) is 0 Å². The second kappa shape index (κ2) is 4.01. The first-order valence-corrected chi connectivity index (χ1v) is 5.12. The average Bonchev–Trinajstić information content (AvgIpc) is 2.27. The minimum absolute atomic E-state index is 0.122. The maximum atomic E-state index is 11.7. The number of Topliss-reactive ketones (excluding diaryl/α,β-unsaturated/α-hetero) is 1. The summed E-state index contributed by atoms with van der Waals surface area (Å²) in [6, 6.07) is 3.12. The normalized spacial score (nSPS) is 10.5. The van der Waals surface area contributed by atoms with Crippen LogP contribution in [0.25, 0.3) is 10.9 Å². The molecule has 1 heterocycles. The van der Waals surface area contributed by atoms with Gasteiger partial charge in [0.05, 0.1) is 23.6 Å². The van der Waals surface area contributed by atoms with Gasteiger partial charge in [-0.05, 0) is 26.0 Å². The van der Waals surface area contributed by atoms with E-state index in [1.54, 1.807) is 13.0 Å². The van der Waals surface area contributed by atoms with E-state index in [4.69, 9.17) is 4.74 Å². The molecule has 0 bridgehead atoms. The van der Waals surface area contributed by atoms with Crippen molar-refractivity contribution in [2.45, 2.75) is 13.8 Å². The molecule has 5 heteroatoms. The van der Waals surface area contributed by atoms with Crippen molar-refractivity contribution in [3.63, 3.8) is 0 Å². The second-order valence-corrected chi connectivity index (χ2v) is 3.78. The number of ether oxygens (including phenoxy) is 1. The maximum Gasteiger partial charge on any atom is 0.258 e. The topological polar surface area (TPSA) is 72.1 Å². The van der Waals surface area contributed by atoms with Crippen LogP contribution in [0, 0.1) is 6.92 Å². The number of nitrogens with zero attached hydrogens (tertiary/aromatic N) is 1. The van der Waals surface area contributed by atoms with Gasteiger partial charge in [-0.15, -0.1) is 0 Å². The molecule has 2 aromatic rings. The number of nitrogens with one attached hydrogen (secondary N) is 1. The van der Waals surface area contributed by atoms with Crippen molar-refractivity contribution in [2.24, 2.45) is 0 Å². The summed E-state index contributed by atoms with van der Waals surface area (Å²) in [4.78, 5) is 30.0. The van der Waals surface area contributed by atoms with E-state index in [9.17, 15) is 9.59 Å². The third-order valence-electron chi connectivity index (χ3n) is 2.52. The fraction of sp³-hybridized carbons (Fsp3) is 0.250. The number of hydrogen-bond donors (Lipinski definition) is 1. The van der Waals surface area contributed by atoms with Crippen molar-refractivity contribution in [1.82, 2.24) is 9.97 Å². The number of fused-ring (bicyclic) bond motifs is 1. The SMILES string of the molecule is COc1cc2c(=O)[nH]c(C)nc2cc1C(C)=O. The van der Waals surface area contributed by atoms with Crippen molar-refractivity contribution in [2.75, 3.05) is 7.11 Å². The Morgan fingerprint density at radius 1 is 1.41 bits per heavy atom. The number of hydrogen-bond acceptors (Lipinski definition) is 4. The lowest BCUT2D eigenvalue weighted by Crippen LogP contribution is -2.11. The lowest BCUT2D eigenvalue weighted by atomic mass is 10.1. The second-order valence-electron chi connectivity index (χ2n) is 3.78. The van der Waals surface area contributed by atoms with E-state index < -0.39 is 0 Å². The molecule has 0 spiro atoms. The zero-order chi connectivity index (χ0) is 12.6. The van der Waals surface area contributed by atoms with Gasteiger partial charge in [0, 0.05) is 0 Å². The van der Waals surface area contributed by atoms with E-state index in [1.807, 2.05) is 0 Å². The lowest BCUT2D eigenvalue weighted by molar-refractivity contribution is 0.101. The van der Waals surface area contributed by atoms with E-state index in [0.717, 1.165) is 0 Å². The van der Waals surface area contributed by atoms with Crippen LogP contribution < -0.4 is 10.3 Å². The highest BCUT2D eigenvalue weighted by Crippen LogP contribution is 2.23. The zero-order valence-electron chi connectivity index (χ0n) is 9.83. The summed E-state index contributed by atoms with van der Waals surface area (Å²) >= 11 is 0. The number of rotatable bonds is 2. The number of aromatic nitrogens is 2. The van der Waals surface area contributed by atoms with E-state index in [0.29, 0.717) is 28.0 Å². The summed E-state index contributed by atoms with van der Waals surface area (Å²) < 4.78 is 5.10. The molecule has 0 radical (unpaired) electrons. The highest BCUT2D eigenvalue weighted by Gasteiger charge is 2.12. The number of carbonyl (C=O) groups is 1. The molecule has 88 valence electrons. The van der Waals surface area contributed by atoms with Crippen molar-refractivity contribution in [1.29, 1.82) is 0 Å². The maximum absolute atomic E-state index is 11.7. The third kappa shape index (κ3) is 1.91. The molecule has 1 aromatic carbocycles. The average molecular weight is 232 g/mol. The first-order chi connectivity index (χ1) is 8.02. The first kappa shape index (κ1) is 11.3. The van der Waals surface area contributed by atoms with Gasteiger partial charge in [-0.2, -0.15) is 0 Å². The summed E-state index contributed by atoms with van der Waals surface area (Å²) in [5, 5.41) is 0.414. The largest absolute Gasteiger partial charge is 0.496 e. The number of aromatic amines is 1. The number of benzene rings is 1. The third-order valence-corrected chi connectivity index (χ3v) is 2.52. The number of H-pyrrole nitrogens is 1. The van der Waals surface area contributed by atoms with Gasteiger partial charge in [0.2, 0.25) is 0 Å². The van der Waals surface area contributed by atoms with Crippen LogP contribution in [0.15, 0.2) is 16.9 Å². The number of aryl methyl sites for hydroxylation is 1. The minimum Gasteiger partial charge on any atom is -0.496 e. The standard InChI is InChI=1S/C12H12N2O3/c1-6(15)8-4-10-9(5-11(8)17-3)12(16)14-7(2)13-10/h4-5H,1-3H3,(H,13,14,16). The molecule has 0 fully saturated rings. The summed E-state index contributed by atoms with van der Waals surface area (Å²) in [6.45, 7) is 3.14. The van der Waals surface area contributed by atoms with Crippen molar-refractivity contribution in [3.8, 4) is 5.75 Å². The van der Waals surface area contributed by atoms with Gasteiger partial charge in [0.25, 0.3) is 5.56 Å². The fourth-order valence-corrected chi connectivity index (χ4v) is 1.73. The number of carbonyl (C=O) groups excluding carboxylic acids is 1. The van der Waals surface area contributed by atoms with Crippen LogP contribution in [-0.2, 0) is 0 Å². The molecular weight excluding hydrogens is 220 g/mol. The van der Waals surface area contributed by atoms with Crippen LogP contribution in [0.2, 0.25) is 0 Å². The monoisotopic (exact) mass is 232 g/mol. The number of ketones is 1. The minimum atomic E-state index is -0.235. The molecule has 0 atom stereocenters. The van der Waals surface area contributed by atoms with Gasteiger partial charge in [-0.1, -0.05) is 0 Å². The summed E-state index contributed by atoms with van der Waals surface area (Å²) in [6.07, 6.45) is 0. The molecule has 0 aliphatic carbocycles. The Bertz CT molecular complexity index is 659. The van der Waals surface area contributed by atoms with Gasteiger partial charge in [-0.3, -0.25) is 9.59 Å². The Kier molecular flexibility index (Phi) is 2.67. The molecule has 0 saturated heterocycles. The quantitative estimate of drug-likeness (QED) is 0.795. The highest BCUT2D eigenvalue weighted by molar-refractivity contribution is 6.00. The Morgan fingerprint density at radius 2 is 2.12 bits per heavy atom. The van der Waals surface area contributed by atoms with Crippen LogP contribution in [0.5, 0.6) is 5.75 Å². The molecule has 1 N–H and O–H groups in total. The Balaban J connectivity index is 2.88. The van der Waals surface area contributed by atoms with Gasteiger partial charge in [-0.25, -0.2) is 4.98 Å². The molecule has 0 aliphatic heterocycles. The Hall–Kier alpha value is -2.17. The molecule has 2 rings (SSSR count). The summed E-state index contributed by atoms with van der Waals surface area (Å²) in [7, 11) is 1.46. The molecule has 17 heavy (non-hydrogen) atoms. The molecule has 0 saturated carbocycles. The predicted octanol–water partition coefficient (Wildman–Crippen LogP) is 1.44. The Labute approximate surface area is 97.4 Å². The van der Waals surface area contributed by atoms with E-state index in [2.05, 4.69) is 9.97 Å². The van der Waals surface area contributed by atoms with Crippen LogP contribution in [0.1, 0.15) is 23.1 Å². The highest BCUT2D eigenvalue weighted by atomic mass is 16.5. The van der Waals surface area contributed by atoms with Crippen molar-refractivity contribution >= 4 is 16.7 Å². The smallest absolute Gasteiger partial charge is 0.258 e. The van der Waals surface area contributed by atoms with Crippen LogP contribution in [0.4, 0.5) is 0 Å². The lowest BCUT2D eigenvalue weighted by Gasteiger charge is -2.07. The zero-order valence-corrected chi connectivity index (χ0v) is 9.83. The predicted molar refractivity (Wildman–Crippen MR) is 63.7 cm³/mol. The Morgan fingerprint density at radius 3 is 2.71 bits per heavy atom. The summed E-state index contributed by atoms with van der Waals surface area (Å²) in [5.74, 6) is 0.784. The number of methoxy groups -OCH3 is 1. The van der Waals surface area contributed by atoms with Gasteiger partial charge >= 0.3 is 0 Å². The fourth-order valence-electron chi connectivity index (χ4n) is 1.73. The summed E-state index contributed by atoms with van der Waals surface area (Å²) in [5.41, 5.74) is 0.690. The van der Waals surface area contributed by atoms with Gasteiger partial charge in [0.1, 0.15) is 11.6 Å². The van der Waals surface area contributed by atoms with Gasteiger partial charge < -0.3 is 9.72 Å². The molecule has 0 amide bonds. The van der Waals surface area contributed by atoms with Crippen molar-refractivity contribution in [3.05, 3.63) is 33.9 Å². The van der Waals surface area contributed by atoms with E-state index in [1.165, 1.54) is 20.1 Å². The van der Waals surface area contributed by atoms with E-state index in [-0.39, 0.29) is 11.3 Å². The molecule has 5 nitrogen and oxygen atoms in total. The first-order valence-electron chi connectivity index (χ1n) is 5.12. The molecular formula is C12H12N2O3. The van der Waals surface area contributed by atoms with Crippen molar-refractivity contribution < 1.29 is 9.53 Å². The van der Waals surface area contributed by atoms with E-state index >= 15 is 0 Å².